The number of piperazine rings is 1. The standard InChI is InChI=1S/C15H26N4O/c1-17-4-6-18(7-5-17)15(20)10-19-13-2-3-14(19)12-9-16-8-11(12)13/h11-14,16H,2-10H2,1H3/t11-,12+,13-,14+. The van der Waals surface area contributed by atoms with Gasteiger partial charge < -0.3 is 15.1 Å². The normalized spacial score (nSPS) is 41.4. The third-order valence-corrected chi connectivity index (χ3v) is 6.08. The van der Waals surface area contributed by atoms with Gasteiger partial charge in [-0.05, 0) is 44.8 Å². The van der Waals surface area contributed by atoms with Crippen LogP contribution in [0.1, 0.15) is 12.8 Å². The Morgan fingerprint density at radius 1 is 1.05 bits per heavy atom. The minimum Gasteiger partial charge on any atom is -0.339 e. The van der Waals surface area contributed by atoms with Crippen LogP contribution in [0.2, 0.25) is 0 Å². The summed E-state index contributed by atoms with van der Waals surface area (Å²) < 4.78 is 0. The molecule has 1 amide bonds. The van der Waals surface area contributed by atoms with E-state index in [1.807, 2.05) is 0 Å². The molecule has 0 radical (unpaired) electrons. The molecule has 0 aromatic carbocycles. The van der Waals surface area contributed by atoms with Crippen LogP contribution in [0.15, 0.2) is 0 Å². The fourth-order valence-electron chi connectivity index (χ4n) is 4.95. The lowest BCUT2D eigenvalue weighted by atomic mass is 9.82. The average Bonchev–Trinajstić information content (AvgIpc) is 3.11. The van der Waals surface area contributed by atoms with E-state index >= 15 is 0 Å². The third kappa shape index (κ3) is 1.98. The second-order valence-electron chi connectivity index (χ2n) is 7.05. The minimum absolute atomic E-state index is 0.364. The van der Waals surface area contributed by atoms with E-state index in [0.29, 0.717) is 24.5 Å². The molecule has 20 heavy (non-hydrogen) atoms. The van der Waals surface area contributed by atoms with Crippen molar-refractivity contribution >= 4 is 5.91 Å². The highest BCUT2D eigenvalue weighted by Gasteiger charge is 2.54. The Hall–Kier alpha value is -0.650. The highest BCUT2D eigenvalue weighted by atomic mass is 16.2. The zero-order valence-corrected chi connectivity index (χ0v) is 12.4. The minimum atomic E-state index is 0.364. The summed E-state index contributed by atoms with van der Waals surface area (Å²) in [5, 5.41) is 3.54. The predicted octanol–water partition coefficient (Wildman–Crippen LogP) is -0.557. The number of hydrogen-bond acceptors (Lipinski definition) is 4. The van der Waals surface area contributed by atoms with E-state index in [-0.39, 0.29) is 0 Å². The zero-order chi connectivity index (χ0) is 13.7. The van der Waals surface area contributed by atoms with Gasteiger partial charge in [-0.3, -0.25) is 9.69 Å². The van der Waals surface area contributed by atoms with Gasteiger partial charge in [0.25, 0.3) is 0 Å². The lowest BCUT2D eigenvalue weighted by molar-refractivity contribution is -0.134. The van der Waals surface area contributed by atoms with Gasteiger partial charge in [-0.15, -0.1) is 0 Å². The lowest BCUT2D eigenvalue weighted by Gasteiger charge is -2.34. The van der Waals surface area contributed by atoms with Gasteiger partial charge in [-0.2, -0.15) is 0 Å². The number of hydrogen-bond donors (Lipinski definition) is 1. The molecule has 4 aliphatic rings. The van der Waals surface area contributed by atoms with Gasteiger partial charge in [0, 0.05) is 38.3 Å². The summed E-state index contributed by atoms with van der Waals surface area (Å²) in [7, 11) is 2.14. The van der Waals surface area contributed by atoms with Crippen molar-refractivity contribution in [3.8, 4) is 0 Å². The molecule has 1 N–H and O–H groups in total. The number of carbonyl (C=O) groups is 1. The molecule has 0 unspecified atom stereocenters. The Bertz CT molecular complexity index is 375. The third-order valence-electron chi connectivity index (χ3n) is 6.08. The van der Waals surface area contributed by atoms with Crippen molar-refractivity contribution in [2.45, 2.75) is 24.9 Å². The van der Waals surface area contributed by atoms with Crippen molar-refractivity contribution in [1.82, 2.24) is 20.0 Å². The van der Waals surface area contributed by atoms with E-state index in [0.717, 1.165) is 38.0 Å². The van der Waals surface area contributed by atoms with Crippen LogP contribution in [0.5, 0.6) is 0 Å². The fraction of sp³-hybridized carbons (Fsp3) is 0.933. The Balaban J connectivity index is 1.39. The molecule has 2 bridgehead atoms. The van der Waals surface area contributed by atoms with Gasteiger partial charge in [-0.1, -0.05) is 0 Å². The van der Waals surface area contributed by atoms with Crippen LogP contribution in [0.3, 0.4) is 0 Å². The molecule has 4 atom stereocenters. The Labute approximate surface area is 121 Å². The molecule has 0 aromatic rings. The SMILES string of the molecule is CN1CCN(C(=O)CN2[C@@H]3CC[C@H]2[C@H]2CNC[C@H]23)CC1. The predicted molar refractivity (Wildman–Crippen MR) is 77.4 cm³/mol. The molecule has 4 aliphatic heterocycles. The number of carbonyl (C=O) groups excluding carboxylic acids is 1. The van der Waals surface area contributed by atoms with E-state index in [1.54, 1.807) is 0 Å². The van der Waals surface area contributed by atoms with Crippen LogP contribution in [-0.2, 0) is 4.79 Å². The first-order valence-electron chi connectivity index (χ1n) is 8.17. The van der Waals surface area contributed by atoms with Gasteiger partial charge in [0.05, 0.1) is 6.54 Å². The molecule has 4 fully saturated rings. The van der Waals surface area contributed by atoms with Crippen molar-refractivity contribution < 1.29 is 4.79 Å². The highest BCUT2D eigenvalue weighted by Crippen LogP contribution is 2.47. The number of nitrogens with zero attached hydrogens (tertiary/aromatic N) is 3. The van der Waals surface area contributed by atoms with Gasteiger partial charge in [0.2, 0.25) is 5.91 Å². The highest BCUT2D eigenvalue weighted by molar-refractivity contribution is 5.78. The number of fused-ring (bicyclic) bond motifs is 5. The summed E-state index contributed by atoms with van der Waals surface area (Å²) in [6.45, 7) is 6.88. The molecule has 112 valence electrons. The molecular formula is C15H26N4O. The second-order valence-corrected chi connectivity index (χ2v) is 7.05. The maximum Gasteiger partial charge on any atom is 0.236 e. The van der Waals surface area contributed by atoms with Crippen LogP contribution >= 0.6 is 0 Å². The van der Waals surface area contributed by atoms with Crippen LogP contribution in [0.4, 0.5) is 0 Å². The molecule has 0 aliphatic carbocycles. The van der Waals surface area contributed by atoms with E-state index in [1.165, 1.54) is 25.9 Å². The van der Waals surface area contributed by atoms with Crippen molar-refractivity contribution in [2.75, 3.05) is 52.9 Å². The van der Waals surface area contributed by atoms with E-state index in [9.17, 15) is 4.79 Å². The van der Waals surface area contributed by atoms with E-state index in [2.05, 4.69) is 27.1 Å². The Kier molecular flexibility index (Phi) is 3.24. The molecule has 5 heteroatoms. The largest absolute Gasteiger partial charge is 0.339 e. The topological polar surface area (TPSA) is 38.8 Å². The molecule has 4 saturated heterocycles. The first-order chi connectivity index (χ1) is 9.74. The maximum absolute atomic E-state index is 12.5. The van der Waals surface area contributed by atoms with Crippen molar-refractivity contribution in [3.05, 3.63) is 0 Å². The summed E-state index contributed by atoms with van der Waals surface area (Å²) >= 11 is 0. The Morgan fingerprint density at radius 2 is 1.65 bits per heavy atom. The van der Waals surface area contributed by atoms with Gasteiger partial charge in [-0.25, -0.2) is 0 Å². The fourth-order valence-corrected chi connectivity index (χ4v) is 4.95. The lowest BCUT2D eigenvalue weighted by Crippen LogP contribution is -2.51. The summed E-state index contributed by atoms with van der Waals surface area (Å²) in [6.07, 6.45) is 2.62. The molecule has 0 aromatic heterocycles. The summed E-state index contributed by atoms with van der Waals surface area (Å²) in [5.41, 5.74) is 0. The molecule has 4 heterocycles. The second kappa shape index (κ2) is 4.97. The monoisotopic (exact) mass is 278 g/mol. The first kappa shape index (κ1) is 13.0. The summed E-state index contributed by atoms with van der Waals surface area (Å²) in [6, 6.07) is 1.35. The van der Waals surface area contributed by atoms with Gasteiger partial charge >= 0.3 is 0 Å². The van der Waals surface area contributed by atoms with Crippen LogP contribution in [0, 0.1) is 11.8 Å². The van der Waals surface area contributed by atoms with Crippen LogP contribution in [0.25, 0.3) is 0 Å². The molecule has 4 rings (SSSR count). The number of likely N-dealkylation sites (N-methyl/N-ethyl adjacent to an activating group) is 1. The Morgan fingerprint density at radius 3 is 2.25 bits per heavy atom. The zero-order valence-electron chi connectivity index (χ0n) is 12.4. The molecule has 5 nitrogen and oxygen atoms in total. The molecule has 0 spiro atoms. The first-order valence-corrected chi connectivity index (χ1v) is 8.17. The smallest absolute Gasteiger partial charge is 0.236 e. The summed E-state index contributed by atoms with van der Waals surface area (Å²) in [5.74, 6) is 1.99. The average molecular weight is 278 g/mol. The molecule has 0 saturated carbocycles. The van der Waals surface area contributed by atoms with Crippen molar-refractivity contribution in [1.29, 1.82) is 0 Å². The quantitative estimate of drug-likeness (QED) is 0.735. The van der Waals surface area contributed by atoms with E-state index < -0.39 is 0 Å². The van der Waals surface area contributed by atoms with Crippen LogP contribution in [-0.4, -0.2) is 85.6 Å². The van der Waals surface area contributed by atoms with Gasteiger partial charge in [0.15, 0.2) is 0 Å². The number of rotatable bonds is 2. The van der Waals surface area contributed by atoms with E-state index in [4.69, 9.17) is 0 Å². The number of amides is 1. The summed E-state index contributed by atoms with van der Waals surface area (Å²) in [4.78, 5) is 19.5. The van der Waals surface area contributed by atoms with Gasteiger partial charge in [0.1, 0.15) is 0 Å². The van der Waals surface area contributed by atoms with Crippen molar-refractivity contribution in [3.63, 3.8) is 0 Å². The number of nitrogens with one attached hydrogen (secondary N) is 1. The van der Waals surface area contributed by atoms with Crippen molar-refractivity contribution in [2.24, 2.45) is 11.8 Å². The molecular weight excluding hydrogens is 252 g/mol. The van der Waals surface area contributed by atoms with Crippen LogP contribution < -0.4 is 5.32 Å². The maximum atomic E-state index is 12.5.